The van der Waals surface area contributed by atoms with Crippen LogP contribution >= 0.6 is 22.9 Å². The average Bonchev–Trinajstić information content (AvgIpc) is 3.34. The lowest BCUT2D eigenvalue weighted by Gasteiger charge is -2.38. The van der Waals surface area contributed by atoms with Crippen molar-refractivity contribution in [2.24, 2.45) is 5.92 Å². The molecule has 0 spiro atoms. The summed E-state index contributed by atoms with van der Waals surface area (Å²) in [6, 6.07) is -0.208. The fourth-order valence-corrected chi connectivity index (χ4v) is 4.27. The van der Waals surface area contributed by atoms with Crippen LogP contribution in [0.4, 0.5) is 5.13 Å². The van der Waals surface area contributed by atoms with E-state index < -0.39 is 5.97 Å². The van der Waals surface area contributed by atoms with Gasteiger partial charge < -0.3 is 25.0 Å². The summed E-state index contributed by atoms with van der Waals surface area (Å²) in [6.07, 6.45) is 2.39. The quantitative estimate of drug-likeness (QED) is 0.559. The van der Waals surface area contributed by atoms with Gasteiger partial charge in [-0.2, -0.15) is 0 Å². The molecule has 3 N–H and O–H groups in total. The number of nitrogens with one attached hydrogen (secondary N) is 2. The number of thiazole rings is 1. The summed E-state index contributed by atoms with van der Waals surface area (Å²) in [6.45, 7) is 7.73. The number of hydrogen-bond acceptors (Lipinski definition) is 7. The van der Waals surface area contributed by atoms with Crippen molar-refractivity contribution >= 4 is 39.9 Å². The number of carboxylic acids is 1. The topological polar surface area (TPSA) is 120 Å². The maximum absolute atomic E-state index is 12.7. The van der Waals surface area contributed by atoms with Crippen LogP contribution in [0.1, 0.15) is 53.2 Å². The molecular weight excluding hydrogens is 430 g/mol. The number of aromatic nitrogens is 3. The van der Waals surface area contributed by atoms with Gasteiger partial charge in [0.15, 0.2) is 16.1 Å². The Labute approximate surface area is 183 Å². The number of carbonyl (C=O) groups excluding carboxylic acids is 1. The molecule has 2 aromatic heterocycles. The van der Waals surface area contributed by atoms with Gasteiger partial charge in [0.1, 0.15) is 4.88 Å². The van der Waals surface area contributed by atoms with Crippen LogP contribution in [0.5, 0.6) is 0 Å². The molecule has 0 bridgehead atoms. The molecule has 0 saturated carbocycles. The van der Waals surface area contributed by atoms with Gasteiger partial charge >= 0.3 is 5.97 Å². The molecule has 1 saturated heterocycles. The van der Waals surface area contributed by atoms with Crippen LogP contribution in [-0.2, 0) is 11.2 Å². The van der Waals surface area contributed by atoms with Crippen LogP contribution in [0, 0.1) is 5.92 Å². The van der Waals surface area contributed by atoms with E-state index in [1.54, 1.807) is 0 Å². The highest BCUT2D eigenvalue weighted by Gasteiger charge is 2.33. The molecule has 1 fully saturated rings. The van der Waals surface area contributed by atoms with E-state index in [4.69, 9.17) is 21.4 Å². The van der Waals surface area contributed by atoms with E-state index in [0.717, 1.165) is 17.0 Å². The number of hydrogen-bond donors (Lipinski definition) is 3. The van der Waals surface area contributed by atoms with Crippen molar-refractivity contribution in [2.45, 2.75) is 45.8 Å². The minimum absolute atomic E-state index is 0.188. The summed E-state index contributed by atoms with van der Waals surface area (Å²) in [5, 5.41) is 13.1. The second-order valence-electron chi connectivity index (χ2n) is 7.60. The number of amides is 1. The Hall–Kier alpha value is -2.17. The number of anilines is 1. The van der Waals surface area contributed by atoms with Crippen LogP contribution in [-0.4, -0.2) is 63.8 Å². The summed E-state index contributed by atoms with van der Waals surface area (Å²) >= 11 is 7.19. The first-order valence-electron chi connectivity index (χ1n) is 9.89. The molecule has 3 heterocycles. The van der Waals surface area contributed by atoms with E-state index in [-0.39, 0.29) is 28.8 Å². The largest absolute Gasteiger partial charge is 0.477 e. The minimum atomic E-state index is -0.989. The SMILES string of the molecule is CCc1[nH]c(C(=O)NC2CCN(c3ncc(C(=O)O)s3)CC2OCC(C)C)nc1Cl. The third-order valence-electron chi connectivity index (χ3n) is 4.79. The molecule has 3 rings (SSSR count). The number of carboxylic acid groups (broad SMARTS) is 1. The minimum Gasteiger partial charge on any atom is -0.477 e. The molecule has 2 aromatic rings. The third-order valence-corrected chi connectivity index (χ3v) is 6.15. The zero-order chi connectivity index (χ0) is 21.8. The Morgan fingerprint density at radius 3 is 2.87 bits per heavy atom. The zero-order valence-corrected chi connectivity index (χ0v) is 18.7. The molecule has 1 aliphatic heterocycles. The third kappa shape index (κ3) is 5.30. The molecule has 0 aromatic carbocycles. The average molecular weight is 456 g/mol. The van der Waals surface area contributed by atoms with Crippen molar-refractivity contribution in [1.82, 2.24) is 20.3 Å². The fraction of sp³-hybridized carbons (Fsp3) is 0.579. The summed E-state index contributed by atoms with van der Waals surface area (Å²) in [5.41, 5.74) is 0.724. The molecule has 0 aliphatic carbocycles. The highest BCUT2D eigenvalue weighted by atomic mass is 35.5. The van der Waals surface area contributed by atoms with Gasteiger partial charge in [0, 0.05) is 19.7 Å². The molecule has 11 heteroatoms. The Morgan fingerprint density at radius 1 is 1.50 bits per heavy atom. The smallest absolute Gasteiger partial charge is 0.347 e. The van der Waals surface area contributed by atoms with Gasteiger partial charge in [-0.25, -0.2) is 14.8 Å². The van der Waals surface area contributed by atoms with Crippen molar-refractivity contribution in [3.63, 3.8) is 0 Å². The number of imidazole rings is 1. The summed E-state index contributed by atoms with van der Waals surface area (Å²) in [5.74, 6) is -0.785. The lowest BCUT2D eigenvalue weighted by molar-refractivity contribution is 0.00705. The van der Waals surface area contributed by atoms with Gasteiger partial charge in [0.25, 0.3) is 5.91 Å². The van der Waals surface area contributed by atoms with E-state index in [1.165, 1.54) is 6.20 Å². The predicted molar refractivity (Wildman–Crippen MR) is 115 cm³/mol. The second-order valence-corrected chi connectivity index (χ2v) is 8.97. The molecule has 30 heavy (non-hydrogen) atoms. The molecule has 164 valence electrons. The van der Waals surface area contributed by atoms with Crippen LogP contribution in [0.15, 0.2) is 6.20 Å². The molecular formula is C19H26ClN5O4S. The van der Waals surface area contributed by atoms with Gasteiger partial charge in [-0.05, 0) is 18.8 Å². The van der Waals surface area contributed by atoms with E-state index in [1.807, 2.05) is 11.8 Å². The standard InChI is InChI=1S/C19H26ClN5O4S/c1-4-11-15(20)24-16(22-11)17(26)23-12-5-6-25(8-13(12)29-9-10(2)3)19-21-7-14(30-19)18(27)28/h7,10,12-13H,4-6,8-9H2,1-3H3,(H,22,24)(H,23,26)(H,27,28). The van der Waals surface area contributed by atoms with E-state index >= 15 is 0 Å². The second kappa shape index (κ2) is 9.76. The van der Waals surface area contributed by atoms with Crippen LogP contribution in [0.3, 0.4) is 0 Å². The molecule has 2 unspecified atom stereocenters. The Bertz CT molecular complexity index is 899. The maximum Gasteiger partial charge on any atom is 0.347 e. The highest BCUT2D eigenvalue weighted by Crippen LogP contribution is 2.27. The van der Waals surface area contributed by atoms with Gasteiger partial charge in [-0.3, -0.25) is 4.79 Å². The number of ether oxygens (including phenoxy) is 1. The predicted octanol–water partition coefficient (Wildman–Crippen LogP) is 2.83. The lowest BCUT2D eigenvalue weighted by atomic mass is 10.0. The van der Waals surface area contributed by atoms with Crippen LogP contribution in [0.25, 0.3) is 0 Å². The fourth-order valence-electron chi connectivity index (χ4n) is 3.22. The van der Waals surface area contributed by atoms with Crippen molar-refractivity contribution in [3.05, 3.63) is 27.7 Å². The Balaban J connectivity index is 1.71. The molecule has 1 aliphatic rings. The lowest BCUT2D eigenvalue weighted by Crippen LogP contribution is -2.55. The highest BCUT2D eigenvalue weighted by molar-refractivity contribution is 7.17. The number of H-pyrrole nitrogens is 1. The molecule has 9 nitrogen and oxygen atoms in total. The van der Waals surface area contributed by atoms with E-state index in [2.05, 4.69) is 34.1 Å². The number of aromatic carboxylic acids is 1. The maximum atomic E-state index is 12.7. The van der Waals surface area contributed by atoms with Crippen molar-refractivity contribution in [1.29, 1.82) is 0 Å². The van der Waals surface area contributed by atoms with Gasteiger partial charge in [0.2, 0.25) is 0 Å². The first-order chi connectivity index (χ1) is 14.3. The van der Waals surface area contributed by atoms with Gasteiger partial charge in [-0.1, -0.05) is 43.7 Å². The number of halogens is 1. The number of carbonyl (C=O) groups is 2. The number of aromatic amines is 1. The first kappa shape index (κ1) is 22.5. The molecule has 1 amide bonds. The van der Waals surface area contributed by atoms with Gasteiger partial charge in [-0.15, -0.1) is 0 Å². The molecule has 0 radical (unpaired) electrons. The van der Waals surface area contributed by atoms with E-state index in [0.29, 0.717) is 48.7 Å². The zero-order valence-electron chi connectivity index (χ0n) is 17.1. The normalized spacial score (nSPS) is 19.3. The number of nitrogens with zero attached hydrogens (tertiary/aromatic N) is 3. The Morgan fingerprint density at radius 2 is 2.27 bits per heavy atom. The van der Waals surface area contributed by atoms with E-state index in [9.17, 15) is 9.59 Å². The number of rotatable bonds is 8. The monoisotopic (exact) mass is 455 g/mol. The van der Waals surface area contributed by atoms with Crippen molar-refractivity contribution in [2.75, 3.05) is 24.6 Å². The van der Waals surface area contributed by atoms with Crippen molar-refractivity contribution < 1.29 is 19.4 Å². The number of piperidine rings is 1. The van der Waals surface area contributed by atoms with Crippen LogP contribution < -0.4 is 10.2 Å². The Kier molecular flexibility index (Phi) is 7.32. The summed E-state index contributed by atoms with van der Waals surface area (Å²) < 4.78 is 6.10. The van der Waals surface area contributed by atoms with Crippen molar-refractivity contribution in [3.8, 4) is 0 Å². The van der Waals surface area contributed by atoms with Crippen LogP contribution in [0.2, 0.25) is 5.15 Å². The number of aryl methyl sites for hydroxylation is 1. The summed E-state index contributed by atoms with van der Waals surface area (Å²) in [4.78, 5) is 37.4. The first-order valence-corrected chi connectivity index (χ1v) is 11.1. The van der Waals surface area contributed by atoms with Gasteiger partial charge in [0.05, 0.1) is 24.0 Å². The summed E-state index contributed by atoms with van der Waals surface area (Å²) in [7, 11) is 0. The molecule has 2 atom stereocenters.